The first-order valence-electron chi connectivity index (χ1n) is 7.40. The van der Waals surface area contributed by atoms with E-state index in [4.69, 9.17) is 0 Å². The largest absolute Gasteiger partial charge is 0.343 e. The molecule has 2 aromatic rings. The van der Waals surface area contributed by atoms with E-state index < -0.39 is 16.1 Å². The molecule has 1 aliphatic rings. The van der Waals surface area contributed by atoms with Crippen LogP contribution in [0.5, 0.6) is 0 Å². The molecule has 0 aliphatic carbocycles. The van der Waals surface area contributed by atoms with Crippen molar-refractivity contribution >= 4 is 27.4 Å². The molecular formula is C17H18N2O3S. The summed E-state index contributed by atoms with van der Waals surface area (Å²) in [5.74, 6) is 0. The first-order valence-corrected chi connectivity index (χ1v) is 8.84. The summed E-state index contributed by atoms with van der Waals surface area (Å²) >= 11 is 0. The van der Waals surface area contributed by atoms with Crippen molar-refractivity contribution in [2.45, 2.75) is 25.7 Å². The van der Waals surface area contributed by atoms with Gasteiger partial charge in [0.25, 0.3) is 10.0 Å². The number of benzene rings is 2. The van der Waals surface area contributed by atoms with Crippen LogP contribution >= 0.6 is 0 Å². The summed E-state index contributed by atoms with van der Waals surface area (Å²) in [7, 11) is -3.92. The van der Waals surface area contributed by atoms with E-state index in [1.807, 2.05) is 26.8 Å². The van der Waals surface area contributed by atoms with Crippen LogP contribution in [0.25, 0.3) is 0 Å². The predicted molar refractivity (Wildman–Crippen MR) is 90.4 cm³/mol. The van der Waals surface area contributed by atoms with Crippen molar-refractivity contribution in [1.29, 1.82) is 0 Å². The summed E-state index contributed by atoms with van der Waals surface area (Å²) in [5.41, 5.74) is 2.62. The van der Waals surface area contributed by atoms with Gasteiger partial charge in [-0.2, -0.15) is 4.31 Å². The Morgan fingerprint density at radius 2 is 1.61 bits per heavy atom. The van der Waals surface area contributed by atoms with E-state index in [0.717, 1.165) is 15.4 Å². The Labute approximate surface area is 136 Å². The summed E-state index contributed by atoms with van der Waals surface area (Å²) in [4.78, 5) is 14.5. The van der Waals surface area contributed by atoms with E-state index in [1.165, 1.54) is 11.0 Å². The van der Waals surface area contributed by atoms with Gasteiger partial charge in [-0.15, -0.1) is 0 Å². The zero-order valence-electron chi connectivity index (χ0n) is 13.3. The van der Waals surface area contributed by atoms with Crippen molar-refractivity contribution in [3.8, 4) is 0 Å². The minimum absolute atomic E-state index is 0.153. The lowest BCUT2D eigenvalue weighted by Crippen LogP contribution is -2.51. The molecule has 0 unspecified atom stereocenters. The van der Waals surface area contributed by atoms with E-state index in [0.29, 0.717) is 17.9 Å². The monoisotopic (exact) mass is 330 g/mol. The quantitative estimate of drug-likeness (QED) is 0.847. The van der Waals surface area contributed by atoms with Crippen LogP contribution in [0.2, 0.25) is 0 Å². The van der Waals surface area contributed by atoms with E-state index in [-0.39, 0.29) is 4.90 Å². The third-order valence-electron chi connectivity index (χ3n) is 3.84. The van der Waals surface area contributed by atoms with Crippen molar-refractivity contribution in [3.63, 3.8) is 0 Å². The Hall–Kier alpha value is -2.34. The van der Waals surface area contributed by atoms with Gasteiger partial charge < -0.3 is 0 Å². The number of hydrogen-bond acceptors (Lipinski definition) is 3. The van der Waals surface area contributed by atoms with E-state index in [9.17, 15) is 13.2 Å². The maximum absolute atomic E-state index is 13.0. The lowest BCUT2D eigenvalue weighted by Gasteiger charge is -2.35. The highest BCUT2D eigenvalue weighted by Gasteiger charge is 2.41. The highest BCUT2D eigenvalue weighted by atomic mass is 32.2. The van der Waals surface area contributed by atoms with Crippen molar-refractivity contribution in [1.82, 2.24) is 0 Å². The summed E-state index contributed by atoms with van der Waals surface area (Å²) in [5, 5.41) is 0. The van der Waals surface area contributed by atoms with Crippen LogP contribution in [0.4, 0.5) is 16.2 Å². The minimum Gasteiger partial charge on any atom is -0.292 e. The van der Waals surface area contributed by atoms with Gasteiger partial charge in [-0.1, -0.05) is 18.2 Å². The van der Waals surface area contributed by atoms with Gasteiger partial charge in [0.1, 0.15) is 4.90 Å². The molecular weight excluding hydrogens is 312 g/mol. The number of sulfonamides is 1. The second-order valence-corrected chi connectivity index (χ2v) is 7.37. The molecule has 0 N–H and O–H groups in total. The van der Waals surface area contributed by atoms with Crippen LogP contribution in [0.1, 0.15) is 18.1 Å². The average molecular weight is 330 g/mol. The summed E-state index contributed by atoms with van der Waals surface area (Å²) in [6.45, 7) is 5.98. The van der Waals surface area contributed by atoms with Crippen molar-refractivity contribution < 1.29 is 13.2 Å². The predicted octanol–water partition coefficient (Wildman–Crippen LogP) is 3.46. The molecule has 0 bridgehead atoms. The Bertz CT molecular complexity index is 870. The number of rotatable bonds is 2. The number of aryl methyl sites for hydroxylation is 2. The number of urea groups is 1. The second-order valence-electron chi connectivity index (χ2n) is 5.61. The number of amides is 2. The molecule has 0 fully saturated rings. The Morgan fingerprint density at radius 3 is 2.22 bits per heavy atom. The number of para-hydroxylation sites is 1. The molecule has 2 amide bonds. The zero-order valence-corrected chi connectivity index (χ0v) is 14.1. The maximum Gasteiger partial charge on any atom is 0.343 e. The molecule has 120 valence electrons. The lowest BCUT2D eigenvalue weighted by molar-refractivity contribution is 0.254. The van der Waals surface area contributed by atoms with Gasteiger partial charge in [-0.3, -0.25) is 4.90 Å². The van der Waals surface area contributed by atoms with Crippen LogP contribution < -0.4 is 9.21 Å². The van der Waals surface area contributed by atoms with E-state index in [1.54, 1.807) is 30.3 Å². The van der Waals surface area contributed by atoms with Crippen molar-refractivity contribution in [2.75, 3.05) is 15.7 Å². The number of carbonyl (C=O) groups excluding carboxylic acids is 1. The van der Waals surface area contributed by atoms with Gasteiger partial charge in [0.15, 0.2) is 0 Å². The summed E-state index contributed by atoms with van der Waals surface area (Å²) in [6.07, 6.45) is 0. The number of nitrogens with zero attached hydrogens (tertiary/aromatic N) is 2. The molecule has 0 aromatic heterocycles. The zero-order chi connectivity index (χ0) is 16.8. The fraction of sp³-hybridized carbons (Fsp3) is 0.235. The smallest absolute Gasteiger partial charge is 0.292 e. The standard InChI is InChI=1S/C17H18N2O3S/c1-4-18-15-7-5-6-8-16(15)23(21,22)19(17(18)20)14-10-12(2)9-13(3)11-14/h5-11H,4H2,1-3H3. The molecule has 0 radical (unpaired) electrons. The minimum atomic E-state index is -3.92. The van der Waals surface area contributed by atoms with Crippen LogP contribution in [0, 0.1) is 13.8 Å². The molecule has 1 heterocycles. The SMILES string of the molecule is CCN1C(=O)N(c2cc(C)cc(C)c2)S(=O)(=O)c2ccccc21. The Kier molecular flexibility index (Phi) is 3.64. The number of hydrogen-bond donors (Lipinski definition) is 0. The summed E-state index contributed by atoms with van der Waals surface area (Å²) in [6, 6.07) is 11.4. The van der Waals surface area contributed by atoms with Crippen molar-refractivity contribution in [3.05, 3.63) is 53.6 Å². The third kappa shape index (κ3) is 2.39. The Morgan fingerprint density at radius 1 is 1.00 bits per heavy atom. The topological polar surface area (TPSA) is 57.7 Å². The van der Waals surface area contributed by atoms with Crippen LogP contribution in [-0.2, 0) is 10.0 Å². The van der Waals surface area contributed by atoms with Gasteiger partial charge in [-0.05, 0) is 56.2 Å². The fourth-order valence-electron chi connectivity index (χ4n) is 2.93. The highest BCUT2D eigenvalue weighted by molar-refractivity contribution is 7.94. The van der Waals surface area contributed by atoms with Crippen LogP contribution in [0.3, 0.4) is 0 Å². The fourth-order valence-corrected chi connectivity index (χ4v) is 4.51. The normalized spacial score (nSPS) is 16.4. The molecule has 0 saturated carbocycles. The van der Waals surface area contributed by atoms with E-state index in [2.05, 4.69) is 0 Å². The second kappa shape index (κ2) is 5.38. The molecule has 2 aromatic carbocycles. The molecule has 1 aliphatic heterocycles. The number of anilines is 2. The van der Waals surface area contributed by atoms with Gasteiger partial charge in [0, 0.05) is 6.54 Å². The molecule has 0 atom stereocenters. The average Bonchev–Trinajstić information content (AvgIpc) is 2.46. The van der Waals surface area contributed by atoms with Gasteiger partial charge in [0.2, 0.25) is 0 Å². The molecule has 6 heteroatoms. The van der Waals surface area contributed by atoms with Gasteiger partial charge in [-0.25, -0.2) is 13.2 Å². The van der Waals surface area contributed by atoms with Crippen LogP contribution in [-0.4, -0.2) is 21.0 Å². The molecule has 23 heavy (non-hydrogen) atoms. The number of fused-ring (bicyclic) bond motifs is 1. The maximum atomic E-state index is 13.0. The lowest BCUT2D eigenvalue weighted by atomic mass is 10.1. The Balaban J connectivity index is 2.28. The van der Waals surface area contributed by atoms with E-state index >= 15 is 0 Å². The molecule has 0 spiro atoms. The van der Waals surface area contributed by atoms with Gasteiger partial charge >= 0.3 is 6.03 Å². The highest BCUT2D eigenvalue weighted by Crippen LogP contribution is 2.37. The molecule has 0 saturated heterocycles. The summed E-state index contributed by atoms with van der Waals surface area (Å²) < 4.78 is 26.9. The third-order valence-corrected chi connectivity index (χ3v) is 5.58. The first-order chi connectivity index (χ1) is 10.9. The number of carbonyl (C=O) groups is 1. The van der Waals surface area contributed by atoms with Crippen LogP contribution in [0.15, 0.2) is 47.4 Å². The molecule has 5 nitrogen and oxygen atoms in total. The van der Waals surface area contributed by atoms with Crippen molar-refractivity contribution in [2.24, 2.45) is 0 Å². The first kappa shape index (κ1) is 15.6. The van der Waals surface area contributed by atoms with Gasteiger partial charge in [0.05, 0.1) is 11.4 Å². The molecule has 3 rings (SSSR count).